The van der Waals surface area contributed by atoms with Crippen LogP contribution in [-0.4, -0.2) is 17.0 Å². The Morgan fingerprint density at radius 1 is 1.36 bits per heavy atom. The van der Waals surface area contributed by atoms with Crippen molar-refractivity contribution in [1.29, 1.82) is 0 Å². The highest BCUT2D eigenvalue weighted by atomic mass is 79.9. The molecule has 0 radical (unpaired) electrons. The van der Waals surface area contributed by atoms with Crippen molar-refractivity contribution in [2.24, 2.45) is 21.9 Å². The summed E-state index contributed by atoms with van der Waals surface area (Å²) in [7, 11) is 0. The third kappa shape index (κ3) is 2.23. The first-order chi connectivity index (χ1) is 10.4. The minimum absolute atomic E-state index is 0.0364. The number of fused-ring (bicyclic) bond motifs is 2. The molecule has 0 N–H and O–H groups in total. The number of carbonyl (C=O) groups is 1. The van der Waals surface area contributed by atoms with Gasteiger partial charge in [0.1, 0.15) is 0 Å². The molecule has 0 aliphatic heterocycles. The van der Waals surface area contributed by atoms with Crippen LogP contribution in [0.3, 0.4) is 0 Å². The van der Waals surface area contributed by atoms with E-state index in [-0.39, 0.29) is 16.8 Å². The van der Waals surface area contributed by atoms with Gasteiger partial charge in [-0.15, -0.1) is 0 Å². The fourth-order valence-electron chi connectivity index (χ4n) is 4.01. The summed E-state index contributed by atoms with van der Waals surface area (Å²) in [4.78, 5) is 17.4. The van der Waals surface area contributed by atoms with E-state index < -0.39 is 0 Å². The summed E-state index contributed by atoms with van der Waals surface area (Å²) in [6.45, 7) is 6.58. The first-order valence-electron chi connectivity index (χ1n) is 7.82. The van der Waals surface area contributed by atoms with Gasteiger partial charge in [-0.05, 0) is 49.7 Å². The summed E-state index contributed by atoms with van der Waals surface area (Å²) in [5.41, 5.74) is 2.96. The average molecular weight is 364 g/mol. The van der Waals surface area contributed by atoms with Crippen molar-refractivity contribution in [1.82, 2.24) is 0 Å². The van der Waals surface area contributed by atoms with Gasteiger partial charge in [0.05, 0.1) is 11.3 Å². The number of aryl methyl sites for hydroxylation is 1. The predicted molar refractivity (Wildman–Crippen MR) is 91.4 cm³/mol. The van der Waals surface area contributed by atoms with E-state index >= 15 is 0 Å². The molecule has 0 spiro atoms. The van der Waals surface area contributed by atoms with E-state index in [0.29, 0.717) is 11.5 Å². The Kier molecular flexibility index (Phi) is 3.92. The minimum Gasteiger partial charge on any atom is -0.313 e. The molecule has 2 bridgehead atoms. The lowest BCUT2D eigenvalue weighted by Gasteiger charge is -2.36. The summed E-state index contributed by atoms with van der Waals surface area (Å²) < 4.78 is 0. The van der Waals surface area contributed by atoms with E-state index in [1.165, 1.54) is 6.42 Å². The summed E-state index contributed by atoms with van der Waals surface area (Å²) in [6, 6.07) is 7.38. The second-order valence-corrected chi connectivity index (χ2v) is 7.67. The number of hydrogen-bond acceptors (Lipinski definition) is 3. The Labute approximate surface area is 140 Å². The second kappa shape index (κ2) is 5.48. The first kappa shape index (κ1) is 15.7. The lowest BCUT2D eigenvalue weighted by atomic mass is 9.70. The SMILES string of the molecule is Cc1ccc(C(=O)O/N=C2\C[C@@H]3CC[C@@]2(C)[C@@]3(C)CBr)cc1. The van der Waals surface area contributed by atoms with E-state index in [1.54, 1.807) is 12.1 Å². The van der Waals surface area contributed by atoms with Gasteiger partial charge < -0.3 is 4.84 Å². The molecule has 118 valence electrons. The van der Waals surface area contributed by atoms with Gasteiger partial charge in [0.15, 0.2) is 0 Å². The predicted octanol–water partition coefficient (Wildman–Crippen LogP) is 4.73. The second-order valence-electron chi connectivity index (χ2n) is 7.11. The number of hydrogen-bond donors (Lipinski definition) is 0. The summed E-state index contributed by atoms with van der Waals surface area (Å²) in [6.07, 6.45) is 3.31. The maximum Gasteiger partial charge on any atom is 0.365 e. The van der Waals surface area contributed by atoms with Crippen LogP contribution in [0.2, 0.25) is 0 Å². The van der Waals surface area contributed by atoms with Crippen LogP contribution in [0.15, 0.2) is 29.4 Å². The number of benzene rings is 1. The van der Waals surface area contributed by atoms with Crippen LogP contribution in [0.5, 0.6) is 0 Å². The van der Waals surface area contributed by atoms with E-state index in [0.717, 1.165) is 29.4 Å². The summed E-state index contributed by atoms with van der Waals surface area (Å²) in [5, 5.41) is 5.23. The largest absolute Gasteiger partial charge is 0.365 e. The smallest absolute Gasteiger partial charge is 0.313 e. The highest BCUT2D eigenvalue weighted by Crippen LogP contribution is 2.64. The van der Waals surface area contributed by atoms with E-state index in [4.69, 9.17) is 4.84 Å². The number of nitrogens with zero attached hydrogens (tertiary/aromatic N) is 1. The molecular weight excluding hydrogens is 342 g/mol. The molecule has 22 heavy (non-hydrogen) atoms. The van der Waals surface area contributed by atoms with Crippen molar-refractivity contribution >= 4 is 27.6 Å². The van der Waals surface area contributed by atoms with Gasteiger partial charge in [-0.3, -0.25) is 0 Å². The number of oxime groups is 1. The molecule has 0 saturated heterocycles. The molecule has 3 nitrogen and oxygen atoms in total. The molecule has 3 atom stereocenters. The van der Waals surface area contributed by atoms with Crippen molar-refractivity contribution in [3.8, 4) is 0 Å². The molecule has 0 aromatic heterocycles. The molecular formula is C18H22BrNO2. The van der Waals surface area contributed by atoms with E-state index in [9.17, 15) is 4.79 Å². The fourth-order valence-corrected chi connectivity index (χ4v) is 5.09. The minimum atomic E-state index is -0.376. The van der Waals surface area contributed by atoms with Crippen LogP contribution >= 0.6 is 15.9 Å². The summed E-state index contributed by atoms with van der Waals surface area (Å²) >= 11 is 3.68. The monoisotopic (exact) mass is 363 g/mol. The Morgan fingerprint density at radius 2 is 2.05 bits per heavy atom. The zero-order valence-corrected chi connectivity index (χ0v) is 14.9. The van der Waals surface area contributed by atoms with E-state index in [1.807, 2.05) is 19.1 Å². The third-order valence-corrected chi connectivity index (χ3v) is 7.20. The fraction of sp³-hybridized carbons (Fsp3) is 0.556. The van der Waals surface area contributed by atoms with Crippen LogP contribution in [0.25, 0.3) is 0 Å². The van der Waals surface area contributed by atoms with Crippen LogP contribution in [0.4, 0.5) is 0 Å². The lowest BCUT2D eigenvalue weighted by Crippen LogP contribution is -2.36. The van der Waals surface area contributed by atoms with Gasteiger partial charge in [0.2, 0.25) is 0 Å². The van der Waals surface area contributed by atoms with Gasteiger partial charge >= 0.3 is 5.97 Å². The molecule has 1 aromatic rings. The van der Waals surface area contributed by atoms with Crippen molar-refractivity contribution in [2.75, 3.05) is 5.33 Å². The van der Waals surface area contributed by atoms with Crippen molar-refractivity contribution in [2.45, 2.75) is 40.0 Å². The van der Waals surface area contributed by atoms with Gasteiger partial charge in [0.25, 0.3) is 0 Å². The molecule has 2 aliphatic carbocycles. The quantitative estimate of drug-likeness (QED) is 0.442. The Bertz CT molecular complexity index is 624. The van der Waals surface area contributed by atoms with Crippen molar-refractivity contribution < 1.29 is 9.63 Å². The van der Waals surface area contributed by atoms with Crippen molar-refractivity contribution in [3.05, 3.63) is 35.4 Å². The highest BCUT2D eigenvalue weighted by molar-refractivity contribution is 9.09. The maximum atomic E-state index is 12.1. The number of rotatable bonds is 3. The van der Waals surface area contributed by atoms with Crippen LogP contribution < -0.4 is 0 Å². The first-order valence-corrected chi connectivity index (χ1v) is 8.94. The van der Waals surface area contributed by atoms with E-state index in [2.05, 4.69) is 34.9 Å². The van der Waals surface area contributed by atoms with Gasteiger partial charge in [0, 0.05) is 10.7 Å². The molecule has 0 heterocycles. The molecule has 0 unspecified atom stereocenters. The summed E-state index contributed by atoms with van der Waals surface area (Å²) in [5.74, 6) is 0.258. The molecule has 3 rings (SSSR count). The van der Waals surface area contributed by atoms with Crippen molar-refractivity contribution in [3.63, 3.8) is 0 Å². The zero-order chi connectivity index (χ0) is 16.0. The molecule has 0 amide bonds. The lowest BCUT2D eigenvalue weighted by molar-refractivity contribution is 0.0508. The van der Waals surface area contributed by atoms with Gasteiger partial charge in [-0.25, -0.2) is 4.79 Å². The third-order valence-electron chi connectivity index (χ3n) is 6.03. The molecule has 4 heteroatoms. The van der Waals surface area contributed by atoms with Crippen LogP contribution in [0.1, 0.15) is 49.0 Å². The van der Waals surface area contributed by atoms with Gasteiger partial charge in [-0.2, -0.15) is 0 Å². The molecule has 2 aliphatic rings. The normalized spacial score (nSPS) is 35.1. The Balaban J connectivity index is 1.77. The van der Waals surface area contributed by atoms with Gasteiger partial charge in [-0.1, -0.05) is 52.6 Å². The standard InChI is InChI=1S/C18H22BrNO2/c1-12-4-6-13(7-5-12)16(21)22-20-15-10-14-8-9-17(15,2)18(14,3)11-19/h4-7,14H,8-11H2,1-3H3/b20-15+/t14-,17+,18-/m0/s1. The topological polar surface area (TPSA) is 38.7 Å². The number of alkyl halides is 1. The van der Waals surface area contributed by atoms with Crippen LogP contribution in [0, 0.1) is 23.7 Å². The molecule has 2 saturated carbocycles. The molecule has 1 aromatic carbocycles. The zero-order valence-electron chi connectivity index (χ0n) is 13.4. The van der Waals surface area contributed by atoms with Crippen LogP contribution in [-0.2, 0) is 4.84 Å². The average Bonchev–Trinajstić information content (AvgIpc) is 2.89. The highest BCUT2D eigenvalue weighted by Gasteiger charge is 2.62. The number of halogens is 1. The Hall–Kier alpha value is -1.16. The Morgan fingerprint density at radius 3 is 2.64 bits per heavy atom. The maximum absolute atomic E-state index is 12.1. The molecule has 2 fully saturated rings. The number of carbonyl (C=O) groups excluding carboxylic acids is 1.